The monoisotopic (exact) mass is 220 g/mol. The molecule has 1 aromatic rings. The quantitative estimate of drug-likeness (QED) is 0.743. The van der Waals surface area contributed by atoms with Crippen LogP contribution in [0.5, 0.6) is 0 Å². The summed E-state index contributed by atoms with van der Waals surface area (Å²) in [6.45, 7) is 12.7. The van der Waals surface area contributed by atoms with Crippen molar-refractivity contribution >= 4 is 0 Å². The second-order valence-corrected chi connectivity index (χ2v) is 5.68. The Morgan fingerprint density at radius 1 is 1.06 bits per heavy atom. The van der Waals surface area contributed by atoms with Crippen LogP contribution >= 0.6 is 0 Å². The average molecular weight is 220 g/mol. The standard InChI is InChI=1S/C14H24N2/c1-10(2)13-8-12-9-15(5)6-7-16(12)14(13)11(3)4/h8,10-11H,6-7,9H2,1-5H3. The van der Waals surface area contributed by atoms with Gasteiger partial charge >= 0.3 is 0 Å². The third-order valence-electron chi connectivity index (χ3n) is 3.56. The van der Waals surface area contributed by atoms with Crippen molar-refractivity contribution in [3.05, 3.63) is 23.0 Å². The molecule has 1 aliphatic rings. The zero-order valence-corrected chi connectivity index (χ0v) is 11.2. The summed E-state index contributed by atoms with van der Waals surface area (Å²) in [6.07, 6.45) is 0. The number of aromatic nitrogens is 1. The van der Waals surface area contributed by atoms with Gasteiger partial charge in [0.05, 0.1) is 0 Å². The molecule has 0 atom stereocenters. The molecule has 0 unspecified atom stereocenters. The normalized spacial score (nSPS) is 17.2. The first-order chi connectivity index (χ1) is 7.50. The van der Waals surface area contributed by atoms with E-state index in [1.165, 1.54) is 12.2 Å². The molecule has 0 radical (unpaired) electrons. The van der Waals surface area contributed by atoms with Crippen molar-refractivity contribution < 1.29 is 0 Å². The maximum Gasteiger partial charge on any atom is 0.0385 e. The van der Waals surface area contributed by atoms with Crippen molar-refractivity contribution in [2.45, 2.75) is 52.6 Å². The summed E-state index contributed by atoms with van der Waals surface area (Å²) in [5.41, 5.74) is 4.62. The predicted molar refractivity (Wildman–Crippen MR) is 68.9 cm³/mol. The highest BCUT2D eigenvalue weighted by Crippen LogP contribution is 2.31. The maximum atomic E-state index is 2.56. The minimum Gasteiger partial charge on any atom is -0.346 e. The smallest absolute Gasteiger partial charge is 0.0385 e. The fourth-order valence-electron chi connectivity index (χ4n) is 2.77. The zero-order valence-electron chi connectivity index (χ0n) is 11.2. The van der Waals surface area contributed by atoms with E-state index < -0.39 is 0 Å². The molecule has 2 rings (SSSR count). The fraction of sp³-hybridized carbons (Fsp3) is 0.714. The molecule has 0 saturated carbocycles. The lowest BCUT2D eigenvalue weighted by molar-refractivity contribution is 0.266. The van der Waals surface area contributed by atoms with Gasteiger partial charge in [-0.15, -0.1) is 0 Å². The highest BCUT2D eigenvalue weighted by atomic mass is 15.2. The average Bonchev–Trinajstić information content (AvgIpc) is 2.55. The molecule has 2 heterocycles. The highest BCUT2D eigenvalue weighted by molar-refractivity contribution is 5.33. The zero-order chi connectivity index (χ0) is 11.9. The van der Waals surface area contributed by atoms with Gasteiger partial charge in [0, 0.05) is 31.0 Å². The number of rotatable bonds is 2. The minimum atomic E-state index is 0.634. The van der Waals surface area contributed by atoms with E-state index in [1.54, 1.807) is 11.3 Å². The van der Waals surface area contributed by atoms with Crippen molar-refractivity contribution in [2.24, 2.45) is 0 Å². The van der Waals surface area contributed by atoms with E-state index in [-0.39, 0.29) is 0 Å². The Morgan fingerprint density at radius 3 is 2.31 bits per heavy atom. The molecule has 0 amide bonds. The summed E-state index contributed by atoms with van der Waals surface area (Å²) >= 11 is 0. The molecular formula is C14H24N2. The first-order valence-electron chi connectivity index (χ1n) is 6.41. The molecule has 90 valence electrons. The number of fused-ring (bicyclic) bond motifs is 1. The van der Waals surface area contributed by atoms with Gasteiger partial charge in [-0.1, -0.05) is 27.7 Å². The molecule has 0 aliphatic carbocycles. The number of hydrogen-bond acceptors (Lipinski definition) is 1. The van der Waals surface area contributed by atoms with Gasteiger partial charge in [0.25, 0.3) is 0 Å². The molecule has 1 aliphatic heterocycles. The summed E-state index contributed by atoms with van der Waals surface area (Å²) in [6, 6.07) is 2.43. The molecule has 16 heavy (non-hydrogen) atoms. The second-order valence-electron chi connectivity index (χ2n) is 5.68. The van der Waals surface area contributed by atoms with Gasteiger partial charge < -0.3 is 4.57 Å². The predicted octanol–water partition coefficient (Wildman–Crippen LogP) is 3.18. The molecule has 2 heteroatoms. The van der Waals surface area contributed by atoms with Crippen LogP contribution in [0.3, 0.4) is 0 Å². The molecule has 1 aromatic heterocycles. The van der Waals surface area contributed by atoms with Crippen LogP contribution in [0.25, 0.3) is 0 Å². The number of likely N-dealkylation sites (N-methyl/N-ethyl adjacent to an activating group) is 1. The lowest BCUT2D eigenvalue weighted by Crippen LogP contribution is -2.30. The van der Waals surface area contributed by atoms with Crippen LogP contribution in [-0.2, 0) is 13.1 Å². The molecule has 0 aromatic carbocycles. The van der Waals surface area contributed by atoms with E-state index in [1.807, 2.05) is 0 Å². The number of hydrogen-bond donors (Lipinski definition) is 0. The van der Waals surface area contributed by atoms with Crippen molar-refractivity contribution in [1.82, 2.24) is 9.47 Å². The van der Waals surface area contributed by atoms with Crippen LogP contribution in [0.4, 0.5) is 0 Å². The summed E-state index contributed by atoms with van der Waals surface area (Å²) in [5.74, 6) is 1.27. The number of nitrogens with zero attached hydrogens (tertiary/aromatic N) is 2. The topological polar surface area (TPSA) is 8.17 Å². The van der Waals surface area contributed by atoms with Crippen LogP contribution in [0.2, 0.25) is 0 Å². The molecule has 0 N–H and O–H groups in total. The molecule has 0 fully saturated rings. The highest BCUT2D eigenvalue weighted by Gasteiger charge is 2.22. The third-order valence-corrected chi connectivity index (χ3v) is 3.56. The van der Waals surface area contributed by atoms with Gasteiger partial charge in [0.15, 0.2) is 0 Å². The minimum absolute atomic E-state index is 0.634. The Morgan fingerprint density at radius 2 is 1.75 bits per heavy atom. The van der Waals surface area contributed by atoms with Crippen molar-refractivity contribution in [3.63, 3.8) is 0 Å². The van der Waals surface area contributed by atoms with E-state index in [0.29, 0.717) is 11.8 Å². The maximum absolute atomic E-state index is 2.56. The molecule has 2 nitrogen and oxygen atoms in total. The SMILES string of the molecule is CC(C)c1cc2n(c1C(C)C)CCN(C)C2. The van der Waals surface area contributed by atoms with Gasteiger partial charge in [-0.25, -0.2) is 0 Å². The Hall–Kier alpha value is -0.760. The van der Waals surface area contributed by atoms with E-state index >= 15 is 0 Å². The Balaban J connectivity index is 2.48. The summed E-state index contributed by atoms with van der Waals surface area (Å²) in [4.78, 5) is 2.41. The first kappa shape index (κ1) is 11.7. The Bertz CT molecular complexity index is 374. The van der Waals surface area contributed by atoms with Gasteiger partial charge in [0.1, 0.15) is 0 Å². The molecule has 0 spiro atoms. The van der Waals surface area contributed by atoms with Crippen molar-refractivity contribution in [3.8, 4) is 0 Å². The summed E-state index contributed by atoms with van der Waals surface area (Å²) in [5, 5.41) is 0. The molecule has 0 bridgehead atoms. The van der Waals surface area contributed by atoms with Crippen LogP contribution in [-0.4, -0.2) is 23.1 Å². The van der Waals surface area contributed by atoms with Gasteiger partial charge in [-0.05, 0) is 30.5 Å². The van der Waals surface area contributed by atoms with E-state index in [9.17, 15) is 0 Å². The van der Waals surface area contributed by atoms with Gasteiger partial charge in [-0.2, -0.15) is 0 Å². The lowest BCUT2D eigenvalue weighted by atomic mass is 9.97. The largest absolute Gasteiger partial charge is 0.346 e. The van der Waals surface area contributed by atoms with Crippen LogP contribution in [0.15, 0.2) is 6.07 Å². The fourth-order valence-corrected chi connectivity index (χ4v) is 2.77. The van der Waals surface area contributed by atoms with Gasteiger partial charge in [0.2, 0.25) is 0 Å². The Labute approximate surface area is 99.3 Å². The second kappa shape index (κ2) is 4.25. The summed E-state index contributed by atoms with van der Waals surface area (Å²) < 4.78 is 2.56. The molecular weight excluding hydrogens is 196 g/mol. The summed E-state index contributed by atoms with van der Waals surface area (Å²) in [7, 11) is 2.21. The third kappa shape index (κ3) is 1.91. The first-order valence-corrected chi connectivity index (χ1v) is 6.41. The van der Waals surface area contributed by atoms with E-state index in [0.717, 1.165) is 13.1 Å². The Kier molecular flexibility index (Phi) is 3.11. The lowest BCUT2D eigenvalue weighted by Gasteiger charge is -2.27. The van der Waals surface area contributed by atoms with Crippen molar-refractivity contribution in [2.75, 3.05) is 13.6 Å². The van der Waals surface area contributed by atoms with Gasteiger partial charge in [-0.3, -0.25) is 4.90 Å². The van der Waals surface area contributed by atoms with Crippen LogP contribution in [0, 0.1) is 0 Å². The molecule has 0 saturated heterocycles. The van der Waals surface area contributed by atoms with E-state index in [4.69, 9.17) is 0 Å². The van der Waals surface area contributed by atoms with Crippen LogP contribution in [0.1, 0.15) is 56.5 Å². The van der Waals surface area contributed by atoms with Crippen molar-refractivity contribution in [1.29, 1.82) is 0 Å². The van der Waals surface area contributed by atoms with Crippen LogP contribution < -0.4 is 0 Å². The van der Waals surface area contributed by atoms with E-state index in [2.05, 4.69) is 50.3 Å².